The van der Waals surface area contributed by atoms with Crippen molar-refractivity contribution in [3.8, 4) is 0 Å². The SMILES string of the molecule is C[C@H]1[C@@H](O)[C@H](n2cnc3c(N)ncnc32)O[C@@H]1COP(=O)(O)OP(=O)(O)OP(=O)(O)OP(=O)(O)O. The Morgan fingerprint density at radius 2 is 1.60 bits per heavy atom. The molecule has 7 atom stereocenters. The molecule has 0 spiro atoms. The van der Waals surface area contributed by atoms with Crippen LogP contribution in [0.2, 0.25) is 0 Å². The molecule has 0 aromatic carbocycles. The zero-order valence-corrected chi connectivity index (χ0v) is 20.8. The fourth-order valence-corrected chi connectivity index (χ4v) is 7.42. The van der Waals surface area contributed by atoms with Gasteiger partial charge in [0.25, 0.3) is 0 Å². The fraction of sp³-hybridized carbons (Fsp3) is 0.545. The topological polar surface area (TPSA) is 305 Å². The molecule has 198 valence electrons. The highest BCUT2D eigenvalue weighted by Gasteiger charge is 2.47. The number of aromatic nitrogens is 4. The van der Waals surface area contributed by atoms with Crippen LogP contribution in [0.25, 0.3) is 11.2 Å². The summed E-state index contributed by atoms with van der Waals surface area (Å²) in [6.45, 7) is 0.688. The summed E-state index contributed by atoms with van der Waals surface area (Å²) < 4.78 is 67.9. The maximum absolute atomic E-state index is 12.0. The van der Waals surface area contributed by atoms with Crippen LogP contribution in [-0.4, -0.2) is 67.9 Å². The summed E-state index contributed by atoms with van der Waals surface area (Å²) in [7, 11) is -23.0. The Labute approximate surface area is 194 Å². The summed E-state index contributed by atoms with van der Waals surface area (Å²) in [6, 6.07) is 0. The highest BCUT2D eigenvalue weighted by Crippen LogP contribution is 2.70. The first-order valence-electron chi connectivity index (χ1n) is 8.99. The minimum Gasteiger partial charge on any atom is -0.388 e. The lowest BCUT2D eigenvalue weighted by atomic mass is 10.0. The molecule has 0 amide bonds. The molecule has 24 heteroatoms. The second-order valence-corrected chi connectivity index (χ2v) is 12.9. The molecule has 1 aliphatic rings. The highest BCUT2D eigenvalue weighted by atomic mass is 31.3. The molecule has 2 aromatic heterocycles. The fourth-order valence-electron chi connectivity index (χ4n) is 2.96. The van der Waals surface area contributed by atoms with Crippen molar-refractivity contribution in [3.63, 3.8) is 0 Å². The number of nitrogens with zero attached hydrogens (tertiary/aromatic N) is 4. The van der Waals surface area contributed by atoms with Crippen molar-refractivity contribution >= 4 is 48.3 Å². The number of hydrogen-bond acceptors (Lipinski definition) is 14. The zero-order valence-electron chi connectivity index (χ0n) is 17.2. The van der Waals surface area contributed by atoms with E-state index in [4.69, 9.17) is 25.2 Å². The van der Waals surface area contributed by atoms with Gasteiger partial charge in [0.05, 0.1) is 19.0 Å². The van der Waals surface area contributed by atoms with E-state index in [1.54, 1.807) is 0 Å². The molecule has 0 aliphatic carbocycles. The molecule has 0 bridgehead atoms. The molecular weight excluding hydrogens is 566 g/mol. The van der Waals surface area contributed by atoms with E-state index in [0.29, 0.717) is 0 Å². The van der Waals surface area contributed by atoms with E-state index in [2.05, 4.69) is 32.4 Å². The predicted octanol–water partition coefficient (Wildman–Crippen LogP) is -0.237. The molecule has 0 radical (unpaired) electrons. The van der Waals surface area contributed by atoms with E-state index in [0.717, 1.165) is 6.33 Å². The molecule has 0 saturated carbocycles. The number of aliphatic hydroxyl groups excluding tert-OH is 1. The van der Waals surface area contributed by atoms with E-state index < -0.39 is 62.3 Å². The first-order valence-corrected chi connectivity index (χ1v) is 15.0. The maximum atomic E-state index is 12.0. The molecule has 2 aromatic rings. The maximum Gasteiger partial charge on any atom is 0.490 e. The molecule has 1 fully saturated rings. The van der Waals surface area contributed by atoms with Crippen LogP contribution in [-0.2, 0) is 40.5 Å². The normalized spacial score (nSPS) is 28.4. The zero-order chi connectivity index (χ0) is 26.4. The number of aliphatic hydroxyl groups is 1. The quantitative estimate of drug-likeness (QED) is 0.177. The Kier molecular flexibility index (Phi) is 8.07. The third-order valence-electron chi connectivity index (χ3n) is 4.42. The van der Waals surface area contributed by atoms with E-state index in [1.807, 2.05) is 0 Å². The number of rotatable bonds is 10. The molecule has 20 nitrogen and oxygen atoms in total. The number of phosphoric ester groups is 1. The summed E-state index contributed by atoms with van der Waals surface area (Å²) in [4.78, 5) is 56.9. The average Bonchev–Trinajstić information content (AvgIpc) is 3.19. The van der Waals surface area contributed by atoms with Crippen LogP contribution in [0.3, 0.4) is 0 Å². The Morgan fingerprint density at radius 1 is 1.00 bits per heavy atom. The smallest absolute Gasteiger partial charge is 0.388 e. The van der Waals surface area contributed by atoms with Crippen molar-refractivity contribution < 1.29 is 70.0 Å². The van der Waals surface area contributed by atoms with Crippen LogP contribution in [0, 0.1) is 5.92 Å². The number of nitrogens with two attached hydrogens (primary N) is 1. The third-order valence-corrected chi connectivity index (χ3v) is 9.87. The van der Waals surface area contributed by atoms with Gasteiger partial charge in [-0.3, -0.25) is 9.09 Å². The number of ether oxygens (including phenoxy) is 1. The van der Waals surface area contributed by atoms with E-state index in [-0.39, 0.29) is 17.0 Å². The van der Waals surface area contributed by atoms with Crippen molar-refractivity contribution in [2.75, 3.05) is 12.3 Å². The first-order chi connectivity index (χ1) is 15.9. The lowest BCUT2D eigenvalue weighted by Gasteiger charge is -2.20. The summed E-state index contributed by atoms with van der Waals surface area (Å²) >= 11 is 0. The van der Waals surface area contributed by atoms with Crippen LogP contribution < -0.4 is 5.73 Å². The van der Waals surface area contributed by atoms with E-state index in [1.165, 1.54) is 17.8 Å². The van der Waals surface area contributed by atoms with Gasteiger partial charge in [-0.1, -0.05) is 6.92 Å². The van der Waals surface area contributed by atoms with Crippen LogP contribution in [0.1, 0.15) is 13.2 Å². The van der Waals surface area contributed by atoms with Crippen LogP contribution in [0.5, 0.6) is 0 Å². The highest BCUT2D eigenvalue weighted by molar-refractivity contribution is 7.69. The van der Waals surface area contributed by atoms with Crippen LogP contribution in [0.15, 0.2) is 12.7 Å². The monoisotopic (exact) mass is 585 g/mol. The standard InChI is InChI=1S/C11H19N5O15P4/c1-5-6(28-11(8(5)17)16-4-15-7-9(12)13-3-14-10(7)16)2-27-33(21,22)30-35(25,26)31-34(23,24)29-32(18,19)20/h3-6,8,11,17H,2H2,1H3,(H,21,22)(H,23,24)(H,25,26)(H2,12,13,14)(H2,18,19,20)/t5-,6-,8-,11-/m1/s1. The molecule has 3 unspecified atom stereocenters. The molecule has 8 N–H and O–H groups in total. The summed E-state index contributed by atoms with van der Waals surface area (Å²) in [5.74, 6) is -0.676. The van der Waals surface area contributed by atoms with Gasteiger partial charge in [0.1, 0.15) is 17.9 Å². The van der Waals surface area contributed by atoms with Crippen molar-refractivity contribution in [2.24, 2.45) is 5.92 Å². The molecule has 3 rings (SSSR count). The number of hydrogen-bond donors (Lipinski definition) is 7. The van der Waals surface area contributed by atoms with E-state index in [9.17, 15) is 33.2 Å². The van der Waals surface area contributed by atoms with Gasteiger partial charge in [-0.2, -0.15) is 12.9 Å². The average molecular weight is 585 g/mol. The lowest BCUT2D eigenvalue weighted by molar-refractivity contribution is -0.0485. The van der Waals surface area contributed by atoms with Gasteiger partial charge in [0.2, 0.25) is 0 Å². The minimum atomic E-state index is -5.94. The molecule has 1 aliphatic heterocycles. The Morgan fingerprint density at radius 3 is 2.23 bits per heavy atom. The van der Waals surface area contributed by atoms with Crippen molar-refractivity contribution in [2.45, 2.75) is 25.4 Å². The van der Waals surface area contributed by atoms with Crippen molar-refractivity contribution in [1.82, 2.24) is 19.5 Å². The molecule has 1 saturated heterocycles. The van der Waals surface area contributed by atoms with Crippen molar-refractivity contribution in [3.05, 3.63) is 12.7 Å². The predicted molar refractivity (Wildman–Crippen MR) is 110 cm³/mol. The second kappa shape index (κ2) is 9.95. The third kappa shape index (κ3) is 7.20. The van der Waals surface area contributed by atoms with Gasteiger partial charge >= 0.3 is 31.3 Å². The number of imidazole rings is 1. The van der Waals surface area contributed by atoms with Gasteiger partial charge in [0, 0.05) is 5.92 Å². The largest absolute Gasteiger partial charge is 0.490 e. The van der Waals surface area contributed by atoms with Gasteiger partial charge in [-0.15, -0.1) is 0 Å². The lowest BCUT2D eigenvalue weighted by Crippen LogP contribution is -2.26. The number of anilines is 1. The molecule has 35 heavy (non-hydrogen) atoms. The number of phosphoric acid groups is 4. The Balaban J connectivity index is 1.65. The second-order valence-electron chi connectivity index (χ2n) is 6.93. The van der Waals surface area contributed by atoms with Gasteiger partial charge in [0.15, 0.2) is 17.7 Å². The Hall–Kier alpha value is -1.17. The minimum absolute atomic E-state index is 0.0711. The number of nitrogen functional groups attached to an aromatic ring is 1. The van der Waals surface area contributed by atoms with Crippen LogP contribution >= 0.6 is 31.3 Å². The molecular formula is C11H19N5O15P4. The van der Waals surface area contributed by atoms with Crippen molar-refractivity contribution in [1.29, 1.82) is 0 Å². The first kappa shape index (κ1) is 28.4. The van der Waals surface area contributed by atoms with Gasteiger partial charge in [-0.05, 0) is 0 Å². The summed E-state index contributed by atoms with van der Waals surface area (Å²) in [5.41, 5.74) is 6.16. The summed E-state index contributed by atoms with van der Waals surface area (Å²) in [5, 5.41) is 10.6. The van der Waals surface area contributed by atoms with Crippen LogP contribution in [0.4, 0.5) is 5.82 Å². The Bertz CT molecular complexity index is 1280. The number of fused-ring (bicyclic) bond motifs is 1. The summed E-state index contributed by atoms with van der Waals surface area (Å²) in [6.07, 6.45) is -0.989. The van der Waals surface area contributed by atoms with E-state index >= 15 is 0 Å². The van der Waals surface area contributed by atoms with Gasteiger partial charge in [-0.25, -0.2) is 33.2 Å². The molecule has 3 heterocycles. The van der Waals surface area contributed by atoms with Gasteiger partial charge < -0.3 is 40.0 Å².